The molecule has 2 aromatic rings. The van der Waals surface area contributed by atoms with Crippen molar-refractivity contribution in [2.45, 2.75) is 86.5 Å². The Morgan fingerprint density at radius 1 is 0.775 bits per heavy atom. The molecular formula is C30H37F6O3P. The average Bonchev–Trinajstić information content (AvgIpc) is 2.74. The molecule has 40 heavy (non-hydrogen) atoms. The molecule has 0 aliphatic rings. The van der Waals surface area contributed by atoms with Gasteiger partial charge in [-0.3, -0.25) is 9.59 Å². The minimum atomic E-state index is -5.36. The monoisotopic (exact) mass is 590 g/mol. The first-order valence-electron chi connectivity index (χ1n) is 12.9. The lowest BCUT2D eigenvalue weighted by molar-refractivity contribution is -0.143. The first-order valence-corrected chi connectivity index (χ1v) is 14.8. The minimum Gasteiger partial charge on any atom is -0.307 e. The minimum absolute atomic E-state index is 0.120. The molecule has 0 aliphatic carbocycles. The zero-order valence-electron chi connectivity index (χ0n) is 24.3. The topological polar surface area (TPSA) is 51.2 Å². The van der Waals surface area contributed by atoms with Crippen molar-refractivity contribution >= 4 is 18.2 Å². The van der Waals surface area contributed by atoms with Gasteiger partial charge in [-0.1, -0.05) is 66.7 Å². The number of carbonyl (C=O) groups is 2. The van der Waals surface area contributed by atoms with Gasteiger partial charge in [-0.05, 0) is 65.8 Å². The van der Waals surface area contributed by atoms with Gasteiger partial charge in [-0.25, -0.2) is 0 Å². The molecule has 222 valence electrons. The molecule has 3 nitrogen and oxygen atoms in total. The summed E-state index contributed by atoms with van der Waals surface area (Å²) in [7, 11) is -5.07. The molecule has 0 bridgehead atoms. The van der Waals surface area contributed by atoms with Crippen LogP contribution in [0, 0.1) is 25.2 Å². The van der Waals surface area contributed by atoms with E-state index >= 15 is 0 Å². The van der Waals surface area contributed by atoms with Crippen molar-refractivity contribution in [3.8, 4) is 0 Å². The van der Waals surface area contributed by atoms with Crippen LogP contribution in [0.5, 0.6) is 0 Å². The Morgan fingerprint density at radius 2 is 1.18 bits per heavy atom. The molecule has 0 aromatic heterocycles. The van der Waals surface area contributed by atoms with E-state index in [-0.39, 0.29) is 16.4 Å². The predicted molar refractivity (Wildman–Crippen MR) is 145 cm³/mol. The van der Waals surface area contributed by atoms with Gasteiger partial charge in [0, 0.05) is 11.7 Å². The van der Waals surface area contributed by atoms with Crippen LogP contribution in [0.1, 0.15) is 103 Å². The highest BCUT2D eigenvalue weighted by Crippen LogP contribution is 2.57. The third-order valence-corrected chi connectivity index (χ3v) is 9.58. The number of hydrogen-bond donors (Lipinski definition) is 0. The van der Waals surface area contributed by atoms with Crippen molar-refractivity contribution in [1.29, 1.82) is 0 Å². The number of halogens is 6. The summed E-state index contributed by atoms with van der Waals surface area (Å²) in [5.41, 5.74) is -8.00. The van der Waals surface area contributed by atoms with Gasteiger partial charge in [0.25, 0.3) is 0 Å². The van der Waals surface area contributed by atoms with Crippen molar-refractivity contribution < 1.29 is 40.5 Å². The second-order valence-electron chi connectivity index (χ2n) is 12.9. The van der Waals surface area contributed by atoms with Crippen LogP contribution in [0.2, 0.25) is 0 Å². The van der Waals surface area contributed by atoms with Crippen molar-refractivity contribution in [2.24, 2.45) is 11.3 Å². The maximum Gasteiger partial charge on any atom is 0.417 e. The van der Waals surface area contributed by atoms with Gasteiger partial charge in [0.2, 0.25) is 18.2 Å². The number of hydrogen-bond acceptors (Lipinski definition) is 3. The fraction of sp³-hybridized carbons (Fsp3) is 0.533. The summed E-state index contributed by atoms with van der Waals surface area (Å²) < 4.78 is 98.4. The summed E-state index contributed by atoms with van der Waals surface area (Å²) in [6.07, 6.45) is -11.1. The fourth-order valence-corrected chi connectivity index (χ4v) is 8.00. The number of benzene rings is 2. The molecule has 0 aliphatic heterocycles. The highest BCUT2D eigenvalue weighted by Gasteiger charge is 2.50. The van der Waals surface area contributed by atoms with Gasteiger partial charge in [0.1, 0.15) is 0 Å². The summed E-state index contributed by atoms with van der Waals surface area (Å²) in [4.78, 5) is 27.9. The molecular weight excluding hydrogens is 553 g/mol. The van der Waals surface area contributed by atoms with Crippen LogP contribution < -0.4 is 0 Å². The molecule has 0 fully saturated rings. The molecule has 0 spiro atoms. The molecule has 2 unspecified atom stereocenters. The predicted octanol–water partition coefficient (Wildman–Crippen LogP) is 10.1. The van der Waals surface area contributed by atoms with E-state index in [2.05, 4.69) is 0 Å². The Hall–Kier alpha value is -2.41. The van der Waals surface area contributed by atoms with E-state index in [4.69, 9.17) is 0 Å². The van der Waals surface area contributed by atoms with E-state index < -0.39 is 59.3 Å². The molecule has 2 atom stereocenters. The molecule has 0 N–H and O–H groups in total. The van der Waals surface area contributed by atoms with Crippen LogP contribution in [0.3, 0.4) is 0 Å². The summed E-state index contributed by atoms with van der Waals surface area (Å²) in [6, 6.07) is 4.54. The maximum atomic E-state index is 14.6. The smallest absolute Gasteiger partial charge is 0.307 e. The van der Waals surface area contributed by atoms with E-state index in [1.807, 2.05) is 41.5 Å². The molecule has 0 amide bonds. The Bertz CT molecular complexity index is 1290. The Labute approximate surface area is 232 Å². The van der Waals surface area contributed by atoms with E-state index in [0.29, 0.717) is 35.7 Å². The molecule has 2 rings (SSSR count). The maximum absolute atomic E-state index is 14.6. The largest absolute Gasteiger partial charge is 0.417 e. The van der Waals surface area contributed by atoms with Crippen molar-refractivity contribution in [3.63, 3.8) is 0 Å². The standard InChI is InChI=1S/C30H37F6O3P/c1-17(15-27(4,5)6)16-40(39,25(37)23-18(2)13-20(14-19(23)3)28(7,8)9)26(38)24-21(29(31,32)33)11-10-12-22(24)30(34,35)36/h10-14,17H,15-16H2,1-9H3. The highest BCUT2D eigenvalue weighted by molar-refractivity contribution is 7.95. The third kappa shape index (κ3) is 7.45. The van der Waals surface area contributed by atoms with Gasteiger partial charge in [0.05, 0.1) is 16.7 Å². The van der Waals surface area contributed by atoms with Crippen LogP contribution in [0.15, 0.2) is 30.3 Å². The van der Waals surface area contributed by atoms with E-state index in [0.717, 1.165) is 5.56 Å². The lowest BCUT2D eigenvalue weighted by atomic mass is 9.84. The zero-order valence-corrected chi connectivity index (χ0v) is 25.2. The number of aryl methyl sites for hydroxylation is 2. The Balaban J connectivity index is 2.93. The van der Waals surface area contributed by atoms with Crippen LogP contribution in [0.25, 0.3) is 0 Å². The second-order valence-corrected chi connectivity index (χ2v) is 15.5. The number of alkyl halides is 6. The number of carbonyl (C=O) groups excluding carboxylic acids is 2. The van der Waals surface area contributed by atoms with Crippen LogP contribution in [-0.2, 0) is 22.3 Å². The third-order valence-electron chi connectivity index (χ3n) is 6.69. The van der Waals surface area contributed by atoms with Crippen LogP contribution >= 0.6 is 7.14 Å². The van der Waals surface area contributed by atoms with Crippen molar-refractivity contribution in [1.82, 2.24) is 0 Å². The van der Waals surface area contributed by atoms with Crippen molar-refractivity contribution in [2.75, 3.05) is 6.16 Å². The molecule has 0 saturated carbocycles. The molecule has 2 aromatic carbocycles. The lowest BCUT2D eigenvalue weighted by Crippen LogP contribution is -2.25. The summed E-state index contributed by atoms with van der Waals surface area (Å²) >= 11 is 0. The number of rotatable bonds is 7. The van der Waals surface area contributed by atoms with E-state index in [1.54, 1.807) is 32.9 Å². The van der Waals surface area contributed by atoms with Gasteiger partial charge < -0.3 is 4.57 Å². The summed E-state index contributed by atoms with van der Waals surface area (Å²) in [5, 5.41) is 0. The van der Waals surface area contributed by atoms with Gasteiger partial charge in [0.15, 0.2) is 0 Å². The quantitative estimate of drug-likeness (QED) is 0.238. The molecule has 0 heterocycles. The van der Waals surface area contributed by atoms with Crippen LogP contribution in [-0.4, -0.2) is 17.2 Å². The summed E-state index contributed by atoms with van der Waals surface area (Å²) in [5.74, 6) is -0.624. The second kappa shape index (κ2) is 11.1. The first-order chi connectivity index (χ1) is 17.8. The lowest BCUT2D eigenvalue weighted by Gasteiger charge is -2.28. The molecule has 0 saturated heterocycles. The van der Waals surface area contributed by atoms with E-state index in [1.165, 1.54) is 0 Å². The Kier molecular flexibility index (Phi) is 9.39. The first kappa shape index (κ1) is 33.8. The fourth-order valence-electron chi connectivity index (χ4n) is 5.16. The molecule has 10 heteroatoms. The van der Waals surface area contributed by atoms with Gasteiger partial charge >= 0.3 is 12.4 Å². The molecule has 0 radical (unpaired) electrons. The van der Waals surface area contributed by atoms with Crippen molar-refractivity contribution in [3.05, 3.63) is 69.3 Å². The Morgan fingerprint density at radius 3 is 1.52 bits per heavy atom. The zero-order chi connectivity index (χ0) is 31.2. The average molecular weight is 591 g/mol. The van der Waals surface area contributed by atoms with Gasteiger partial charge in [-0.2, -0.15) is 26.3 Å². The highest BCUT2D eigenvalue weighted by atomic mass is 31.2. The normalized spacial score (nSPS) is 15.5. The summed E-state index contributed by atoms with van der Waals surface area (Å²) in [6.45, 7) is 16.0. The van der Waals surface area contributed by atoms with Crippen LogP contribution in [0.4, 0.5) is 26.3 Å². The SMILES string of the molecule is Cc1cc(C(C)(C)C)cc(C)c1C(=O)P(=O)(CC(C)CC(C)(C)C)C(=O)c1c(C(F)(F)F)cccc1C(F)(F)F. The van der Waals surface area contributed by atoms with Gasteiger partial charge in [-0.15, -0.1) is 0 Å². The van der Waals surface area contributed by atoms with E-state index in [9.17, 15) is 40.5 Å².